The number of imidazole rings is 1. The lowest BCUT2D eigenvalue weighted by Crippen LogP contribution is -2.41. The number of nitrogens with one attached hydrogen (secondary N) is 2. The molecule has 4 rings (SSSR count). The van der Waals surface area contributed by atoms with Gasteiger partial charge >= 0.3 is 12.3 Å². The molecule has 0 aliphatic rings. The van der Waals surface area contributed by atoms with E-state index in [1.54, 1.807) is 61.7 Å². The number of sulfonamides is 1. The van der Waals surface area contributed by atoms with E-state index in [-0.39, 0.29) is 35.2 Å². The highest BCUT2D eigenvalue weighted by atomic mass is 35.5. The summed E-state index contributed by atoms with van der Waals surface area (Å²) in [4.78, 5) is 28.4. The largest absolute Gasteiger partial charge is 0.448 e. The highest BCUT2D eigenvalue weighted by molar-refractivity contribution is 7.90. The van der Waals surface area contributed by atoms with Crippen molar-refractivity contribution in [2.24, 2.45) is 0 Å². The number of amides is 2. The van der Waals surface area contributed by atoms with Crippen LogP contribution >= 0.6 is 11.6 Å². The molecule has 0 unspecified atom stereocenters. The molecular formula is C29H28ClF3N4O5S. The number of benzene rings is 3. The molecule has 1 heterocycles. The number of fused-ring (bicyclic) bond motifs is 1. The number of halogens is 4. The first-order valence-corrected chi connectivity index (χ1v) is 14.8. The molecule has 14 heteroatoms. The molecular weight excluding hydrogens is 609 g/mol. The molecule has 1 aromatic heterocycles. The van der Waals surface area contributed by atoms with Crippen molar-refractivity contribution in [1.82, 2.24) is 19.6 Å². The standard InChI is InChI=1S/C29H28ClF3N4O5S/c1-17-5-11-21(12-6-17)43(40,41)36-27(39)42-14-13-19-7-9-20(10-8-19)37-25-16-23(30)22(29(31,32)33)15-24(25)34-26(37)28(3,4)35-18(2)38/h5-12,15-16H,13-14H2,1-4H3,(H,35,38)(H,36,39). The quantitative estimate of drug-likeness (QED) is 0.244. The second-order valence-corrected chi connectivity index (χ2v) is 12.5. The van der Waals surface area contributed by atoms with Crippen molar-refractivity contribution >= 4 is 44.7 Å². The van der Waals surface area contributed by atoms with Gasteiger partial charge in [0.1, 0.15) is 5.82 Å². The Morgan fingerprint density at radius 1 is 1.02 bits per heavy atom. The summed E-state index contributed by atoms with van der Waals surface area (Å²) in [6, 6.07) is 14.8. The van der Waals surface area contributed by atoms with Gasteiger partial charge in [0.15, 0.2) is 0 Å². The molecule has 0 saturated heterocycles. The lowest BCUT2D eigenvalue weighted by Gasteiger charge is -2.26. The summed E-state index contributed by atoms with van der Waals surface area (Å²) in [7, 11) is -4.09. The van der Waals surface area contributed by atoms with Crippen LogP contribution in [0.4, 0.5) is 18.0 Å². The van der Waals surface area contributed by atoms with Crippen molar-refractivity contribution in [1.29, 1.82) is 0 Å². The SMILES string of the molecule is CC(=O)NC(C)(C)c1nc2cc(C(F)(F)F)c(Cl)cc2n1-c1ccc(CCOC(=O)NS(=O)(=O)c2ccc(C)cc2)cc1. The van der Waals surface area contributed by atoms with Gasteiger partial charge < -0.3 is 10.1 Å². The number of nitrogens with zero attached hydrogens (tertiary/aromatic N) is 2. The van der Waals surface area contributed by atoms with Gasteiger partial charge in [0, 0.05) is 19.0 Å². The average molecular weight is 637 g/mol. The van der Waals surface area contributed by atoms with Crippen LogP contribution in [0.15, 0.2) is 65.6 Å². The first-order chi connectivity index (χ1) is 20.0. The minimum atomic E-state index is -4.69. The lowest BCUT2D eigenvalue weighted by molar-refractivity contribution is -0.137. The zero-order valence-corrected chi connectivity index (χ0v) is 25.1. The highest BCUT2D eigenvalue weighted by Crippen LogP contribution is 2.39. The van der Waals surface area contributed by atoms with E-state index in [2.05, 4.69) is 10.3 Å². The van der Waals surface area contributed by atoms with Crippen LogP contribution in [0.25, 0.3) is 16.7 Å². The maximum absolute atomic E-state index is 13.5. The number of carbonyl (C=O) groups is 2. The summed E-state index contributed by atoms with van der Waals surface area (Å²) in [6.45, 7) is 6.35. The van der Waals surface area contributed by atoms with Crippen LogP contribution < -0.4 is 10.0 Å². The fourth-order valence-corrected chi connectivity index (χ4v) is 5.64. The van der Waals surface area contributed by atoms with Gasteiger partial charge in [0.25, 0.3) is 10.0 Å². The van der Waals surface area contributed by atoms with Gasteiger partial charge in [-0.3, -0.25) is 9.36 Å². The summed E-state index contributed by atoms with van der Waals surface area (Å²) in [6.07, 6.45) is -5.57. The Morgan fingerprint density at radius 2 is 1.65 bits per heavy atom. The average Bonchev–Trinajstić information content (AvgIpc) is 3.27. The maximum atomic E-state index is 13.5. The van der Waals surface area contributed by atoms with E-state index >= 15 is 0 Å². The molecule has 0 atom stereocenters. The minimum Gasteiger partial charge on any atom is -0.448 e. The molecule has 3 aromatic carbocycles. The third-order valence-corrected chi connectivity index (χ3v) is 8.10. The van der Waals surface area contributed by atoms with E-state index in [4.69, 9.17) is 16.3 Å². The molecule has 43 heavy (non-hydrogen) atoms. The summed E-state index contributed by atoms with van der Waals surface area (Å²) < 4.78 is 73.9. The zero-order chi connectivity index (χ0) is 31.7. The number of rotatable bonds is 8. The van der Waals surface area contributed by atoms with Crippen LogP contribution in [0.1, 0.15) is 43.3 Å². The Kier molecular flexibility index (Phi) is 8.80. The molecule has 2 N–H and O–H groups in total. The molecule has 0 saturated carbocycles. The van der Waals surface area contributed by atoms with E-state index in [9.17, 15) is 31.2 Å². The Labute approximate surface area is 251 Å². The fraction of sp³-hybridized carbons (Fsp3) is 0.276. The topological polar surface area (TPSA) is 119 Å². The highest BCUT2D eigenvalue weighted by Gasteiger charge is 2.36. The molecule has 0 fully saturated rings. The lowest BCUT2D eigenvalue weighted by atomic mass is 10.0. The second kappa shape index (κ2) is 11.9. The van der Waals surface area contributed by atoms with E-state index in [0.29, 0.717) is 11.2 Å². The van der Waals surface area contributed by atoms with E-state index in [1.807, 2.05) is 4.72 Å². The van der Waals surface area contributed by atoms with Crippen molar-refractivity contribution in [2.75, 3.05) is 6.61 Å². The number of aromatic nitrogens is 2. The monoisotopic (exact) mass is 636 g/mol. The third kappa shape index (κ3) is 7.28. The van der Waals surface area contributed by atoms with Gasteiger partial charge in [-0.1, -0.05) is 41.4 Å². The van der Waals surface area contributed by atoms with Gasteiger partial charge in [0.2, 0.25) is 5.91 Å². The van der Waals surface area contributed by atoms with Crippen LogP contribution in [0.5, 0.6) is 0 Å². The number of hydrogen-bond acceptors (Lipinski definition) is 6. The first kappa shape index (κ1) is 31.8. The molecule has 0 aliphatic heterocycles. The number of alkyl halides is 3. The van der Waals surface area contributed by atoms with Crippen LogP contribution in [-0.4, -0.2) is 36.6 Å². The van der Waals surface area contributed by atoms with Gasteiger partial charge in [-0.15, -0.1) is 0 Å². The van der Waals surface area contributed by atoms with E-state index < -0.39 is 38.4 Å². The summed E-state index contributed by atoms with van der Waals surface area (Å²) >= 11 is 6.03. The smallest absolute Gasteiger partial charge is 0.421 e. The predicted molar refractivity (Wildman–Crippen MR) is 154 cm³/mol. The maximum Gasteiger partial charge on any atom is 0.421 e. The van der Waals surface area contributed by atoms with Crippen LogP contribution in [-0.2, 0) is 37.7 Å². The predicted octanol–water partition coefficient (Wildman–Crippen LogP) is 6.03. The number of hydrogen-bond donors (Lipinski definition) is 2. The molecule has 4 aromatic rings. The first-order valence-electron chi connectivity index (χ1n) is 12.9. The normalized spacial score (nSPS) is 12.3. The molecule has 0 spiro atoms. The summed E-state index contributed by atoms with van der Waals surface area (Å²) in [5.74, 6) is -0.0840. The minimum absolute atomic E-state index is 0.0363. The van der Waals surface area contributed by atoms with E-state index in [1.165, 1.54) is 25.1 Å². The van der Waals surface area contributed by atoms with Gasteiger partial charge in [-0.05, 0) is 62.7 Å². The van der Waals surface area contributed by atoms with Crippen molar-refractivity contribution in [2.45, 2.75) is 50.7 Å². The number of aryl methyl sites for hydroxylation is 1. The molecule has 0 bridgehead atoms. The molecule has 0 radical (unpaired) electrons. The third-order valence-electron chi connectivity index (χ3n) is 6.46. The number of carbonyl (C=O) groups excluding carboxylic acids is 2. The molecule has 2 amide bonds. The van der Waals surface area contributed by atoms with Gasteiger partial charge in [0.05, 0.1) is 38.7 Å². The van der Waals surface area contributed by atoms with Crippen molar-refractivity contribution in [3.8, 4) is 5.69 Å². The molecule has 9 nitrogen and oxygen atoms in total. The van der Waals surface area contributed by atoms with Gasteiger partial charge in [-0.2, -0.15) is 13.2 Å². The van der Waals surface area contributed by atoms with E-state index in [0.717, 1.165) is 17.2 Å². The van der Waals surface area contributed by atoms with Gasteiger partial charge in [-0.25, -0.2) is 22.9 Å². The van der Waals surface area contributed by atoms with Crippen molar-refractivity contribution in [3.63, 3.8) is 0 Å². The molecule has 0 aliphatic carbocycles. The van der Waals surface area contributed by atoms with Crippen molar-refractivity contribution in [3.05, 3.63) is 88.2 Å². The van der Waals surface area contributed by atoms with Crippen molar-refractivity contribution < 1.29 is 35.9 Å². The fourth-order valence-electron chi connectivity index (χ4n) is 4.48. The van der Waals surface area contributed by atoms with Crippen LogP contribution in [0.2, 0.25) is 5.02 Å². The Hall–Kier alpha value is -4.10. The Morgan fingerprint density at radius 3 is 2.23 bits per heavy atom. The summed E-state index contributed by atoms with van der Waals surface area (Å²) in [5.41, 5.74) is 0.347. The Bertz CT molecular complexity index is 1790. The number of ether oxygens (including phenoxy) is 1. The second-order valence-electron chi connectivity index (χ2n) is 10.4. The molecule has 228 valence electrons. The Balaban J connectivity index is 1.55. The van der Waals surface area contributed by atoms with Crippen LogP contribution in [0.3, 0.4) is 0 Å². The zero-order valence-electron chi connectivity index (χ0n) is 23.5. The summed E-state index contributed by atoms with van der Waals surface area (Å²) in [5, 5.41) is 2.27. The van der Waals surface area contributed by atoms with Crippen LogP contribution in [0, 0.1) is 6.92 Å².